The van der Waals surface area contributed by atoms with Gasteiger partial charge in [-0.05, 0) is 67.9 Å². The maximum atomic E-state index is 14.4. The van der Waals surface area contributed by atoms with Crippen LogP contribution in [0.3, 0.4) is 0 Å². The molecule has 0 fully saturated rings. The number of rotatable bonds is 4. The molecule has 0 saturated carbocycles. The highest BCUT2D eigenvalue weighted by molar-refractivity contribution is 7.22. The first-order valence-electron chi connectivity index (χ1n) is 9.86. The van der Waals surface area contributed by atoms with Crippen LogP contribution in [-0.4, -0.2) is 11.0 Å². The molecule has 2 amide bonds. The SMILES string of the molecule is Cc1cc(Oc2ccc(N(C(N)=O)c3cc(C(F)(F)F)ccc3F)cc2)c(C)c2sc(N)nc12. The molecular formula is C23H18F4N4O2S. The molecule has 0 aliphatic carbocycles. The van der Waals surface area contributed by atoms with Gasteiger partial charge in [-0.3, -0.25) is 4.90 Å². The number of anilines is 3. The number of ether oxygens (including phenoxy) is 1. The number of alkyl halides is 3. The van der Waals surface area contributed by atoms with E-state index in [1.807, 2.05) is 19.9 Å². The van der Waals surface area contributed by atoms with Crippen molar-refractivity contribution in [2.75, 3.05) is 10.6 Å². The third kappa shape index (κ3) is 4.34. The number of carbonyl (C=O) groups is 1. The molecule has 3 aromatic carbocycles. The number of nitrogen functional groups attached to an aromatic ring is 1. The molecule has 0 aliphatic heterocycles. The van der Waals surface area contributed by atoms with Crippen LogP contribution in [0.5, 0.6) is 11.5 Å². The summed E-state index contributed by atoms with van der Waals surface area (Å²) in [7, 11) is 0. The van der Waals surface area contributed by atoms with Gasteiger partial charge in [0.25, 0.3) is 0 Å². The molecule has 4 N–H and O–H groups in total. The van der Waals surface area contributed by atoms with E-state index in [2.05, 4.69) is 4.98 Å². The number of aromatic nitrogens is 1. The Morgan fingerprint density at radius 3 is 2.38 bits per heavy atom. The monoisotopic (exact) mass is 490 g/mol. The molecule has 0 saturated heterocycles. The van der Waals surface area contributed by atoms with Crippen LogP contribution in [0.1, 0.15) is 16.7 Å². The molecule has 0 spiro atoms. The van der Waals surface area contributed by atoms with Gasteiger partial charge < -0.3 is 16.2 Å². The number of thiazole rings is 1. The smallest absolute Gasteiger partial charge is 0.416 e. The van der Waals surface area contributed by atoms with Crippen LogP contribution in [-0.2, 0) is 6.18 Å². The zero-order chi connectivity index (χ0) is 24.8. The topological polar surface area (TPSA) is 94.5 Å². The Labute approximate surface area is 195 Å². The van der Waals surface area contributed by atoms with Gasteiger partial charge in [0, 0.05) is 5.56 Å². The molecule has 176 valence electrons. The van der Waals surface area contributed by atoms with Gasteiger partial charge in [0.1, 0.15) is 17.3 Å². The van der Waals surface area contributed by atoms with Crippen LogP contribution in [0.2, 0.25) is 0 Å². The van der Waals surface area contributed by atoms with Gasteiger partial charge in [-0.1, -0.05) is 11.3 Å². The largest absolute Gasteiger partial charge is 0.457 e. The molecule has 4 rings (SSSR count). The Kier molecular flexibility index (Phi) is 5.82. The summed E-state index contributed by atoms with van der Waals surface area (Å²) >= 11 is 1.34. The number of hydrogen-bond donors (Lipinski definition) is 2. The Morgan fingerprint density at radius 2 is 1.76 bits per heavy atom. The van der Waals surface area contributed by atoms with E-state index in [1.165, 1.54) is 35.6 Å². The zero-order valence-electron chi connectivity index (χ0n) is 17.9. The van der Waals surface area contributed by atoms with Gasteiger partial charge in [-0.25, -0.2) is 14.2 Å². The molecule has 0 atom stereocenters. The zero-order valence-corrected chi connectivity index (χ0v) is 18.7. The summed E-state index contributed by atoms with van der Waals surface area (Å²) in [5, 5.41) is 0.441. The number of primary amides is 1. The van der Waals surface area contributed by atoms with Crippen LogP contribution in [0, 0.1) is 19.7 Å². The quantitative estimate of drug-likeness (QED) is 0.313. The number of amides is 2. The number of halogens is 4. The first-order valence-corrected chi connectivity index (χ1v) is 10.7. The van der Waals surface area contributed by atoms with Crippen LogP contribution in [0.15, 0.2) is 48.5 Å². The van der Waals surface area contributed by atoms with Crippen molar-refractivity contribution >= 4 is 44.1 Å². The van der Waals surface area contributed by atoms with Gasteiger partial charge in [0.2, 0.25) is 0 Å². The van der Waals surface area contributed by atoms with Crippen molar-refractivity contribution in [3.63, 3.8) is 0 Å². The highest BCUT2D eigenvalue weighted by Gasteiger charge is 2.32. The predicted octanol–water partition coefficient (Wildman–Crippen LogP) is 6.66. The Hall–Kier alpha value is -3.86. The normalized spacial score (nSPS) is 11.6. The second-order valence-corrected chi connectivity index (χ2v) is 8.51. The average molecular weight is 490 g/mol. The third-order valence-electron chi connectivity index (χ3n) is 5.13. The number of carbonyl (C=O) groups excluding carboxylic acids is 1. The molecule has 4 aromatic rings. The first kappa shape index (κ1) is 23.3. The molecule has 6 nitrogen and oxygen atoms in total. The van der Waals surface area contributed by atoms with Crippen LogP contribution >= 0.6 is 11.3 Å². The summed E-state index contributed by atoms with van der Waals surface area (Å²) in [5.41, 5.74) is 12.0. The minimum Gasteiger partial charge on any atom is -0.457 e. The van der Waals surface area contributed by atoms with E-state index in [4.69, 9.17) is 16.2 Å². The van der Waals surface area contributed by atoms with E-state index in [9.17, 15) is 22.4 Å². The summed E-state index contributed by atoms with van der Waals surface area (Å²) in [5.74, 6) is -0.0792. The van der Waals surface area contributed by atoms with Crippen LogP contribution in [0.4, 0.5) is 38.9 Å². The standard InChI is InChI=1S/C23H18F4N4O2S/c1-11-9-18(12(2)20-19(11)30-21(28)34-20)33-15-6-4-14(5-7-15)31(22(29)32)17-10-13(23(25,26)27)3-8-16(17)24/h3-10H,1-2H3,(H2,28,30)(H2,29,32). The molecular weight excluding hydrogens is 472 g/mol. The fourth-order valence-corrected chi connectivity index (χ4v) is 4.39. The van der Waals surface area contributed by atoms with E-state index in [1.54, 1.807) is 0 Å². The highest BCUT2D eigenvalue weighted by Crippen LogP contribution is 2.39. The number of aryl methyl sites for hydroxylation is 2. The van der Waals surface area contributed by atoms with Crippen molar-refractivity contribution in [1.82, 2.24) is 4.98 Å². The van der Waals surface area contributed by atoms with Crippen molar-refractivity contribution in [2.24, 2.45) is 5.73 Å². The maximum Gasteiger partial charge on any atom is 0.416 e. The molecule has 1 heterocycles. The lowest BCUT2D eigenvalue weighted by atomic mass is 10.1. The number of fused-ring (bicyclic) bond motifs is 1. The van der Waals surface area contributed by atoms with E-state index < -0.39 is 29.3 Å². The van der Waals surface area contributed by atoms with Crippen LogP contribution < -0.4 is 21.1 Å². The Bertz CT molecular complexity index is 1400. The molecule has 0 aliphatic rings. The third-order valence-corrected chi connectivity index (χ3v) is 6.14. The van der Waals surface area contributed by atoms with Gasteiger partial charge >= 0.3 is 12.2 Å². The van der Waals surface area contributed by atoms with Crippen molar-refractivity contribution in [2.45, 2.75) is 20.0 Å². The first-order chi connectivity index (χ1) is 16.0. The van der Waals surface area contributed by atoms with E-state index in [-0.39, 0.29) is 5.69 Å². The number of urea groups is 1. The Balaban J connectivity index is 1.67. The number of benzene rings is 3. The second kappa shape index (κ2) is 8.49. The van der Waals surface area contributed by atoms with Gasteiger partial charge in [0.15, 0.2) is 5.13 Å². The van der Waals surface area contributed by atoms with E-state index in [0.29, 0.717) is 39.7 Å². The summed E-state index contributed by atoms with van der Waals surface area (Å²) in [6, 6.07) is 8.22. The summed E-state index contributed by atoms with van der Waals surface area (Å²) < 4.78 is 60.6. The Morgan fingerprint density at radius 1 is 1.09 bits per heavy atom. The van der Waals surface area contributed by atoms with E-state index >= 15 is 0 Å². The molecule has 11 heteroatoms. The molecule has 0 bridgehead atoms. The van der Waals surface area contributed by atoms with Crippen LogP contribution in [0.25, 0.3) is 10.2 Å². The molecule has 0 unspecified atom stereocenters. The maximum absolute atomic E-state index is 14.4. The number of nitrogens with two attached hydrogens (primary N) is 2. The van der Waals surface area contributed by atoms with Crippen molar-refractivity contribution in [1.29, 1.82) is 0 Å². The average Bonchev–Trinajstić information content (AvgIpc) is 3.16. The minimum atomic E-state index is -4.72. The predicted molar refractivity (Wildman–Crippen MR) is 123 cm³/mol. The number of nitrogens with zero attached hydrogens (tertiary/aromatic N) is 2. The number of hydrogen-bond acceptors (Lipinski definition) is 5. The van der Waals surface area contributed by atoms with Crippen molar-refractivity contribution in [3.8, 4) is 11.5 Å². The molecule has 34 heavy (non-hydrogen) atoms. The summed E-state index contributed by atoms with van der Waals surface area (Å²) in [4.78, 5) is 17.0. The lowest BCUT2D eigenvalue weighted by molar-refractivity contribution is -0.137. The fourth-order valence-electron chi connectivity index (χ4n) is 3.48. The van der Waals surface area contributed by atoms with Gasteiger partial charge in [-0.15, -0.1) is 0 Å². The van der Waals surface area contributed by atoms with E-state index in [0.717, 1.165) is 21.3 Å². The van der Waals surface area contributed by atoms with Gasteiger partial charge in [0.05, 0.1) is 27.2 Å². The van der Waals surface area contributed by atoms with Crippen molar-refractivity contribution < 1.29 is 27.1 Å². The lowest BCUT2D eigenvalue weighted by Crippen LogP contribution is -2.32. The fraction of sp³-hybridized carbons (Fsp3) is 0.130. The summed E-state index contributed by atoms with van der Waals surface area (Å²) in [6.07, 6.45) is -4.72. The second-order valence-electron chi connectivity index (χ2n) is 7.48. The highest BCUT2D eigenvalue weighted by atomic mass is 32.1. The molecule has 1 aromatic heterocycles. The summed E-state index contributed by atoms with van der Waals surface area (Å²) in [6.45, 7) is 3.75. The minimum absolute atomic E-state index is 0.0664. The lowest BCUT2D eigenvalue weighted by Gasteiger charge is -2.22. The molecule has 0 radical (unpaired) electrons. The van der Waals surface area contributed by atoms with Gasteiger partial charge in [-0.2, -0.15) is 13.2 Å². The van der Waals surface area contributed by atoms with Crippen molar-refractivity contribution in [3.05, 3.63) is 71.0 Å².